The molecule has 1 heterocycles. The Morgan fingerprint density at radius 3 is 2.39 bits per heavy atom. The van der Waals surface area contributed by atoms with Gasteiger partial charge in [-0.25, -0.2) is 0 Å². The van der Waals surface area contributed by atoms with Gasteiger partial charge in [-0.05, 0) is 43.5 Å². The quantitative estimate of drug-likeness (QED) is 0.528. The molecule has 5 rings (SSSR count). The molecule has 2 aliphatic rings. The Balaban J connectivity index is 1.79. The average molecular weight is 466 g/mol. The summed E-state index contributed by atoms with van der Waals surface area (Å²) in [6, 6.07) is 20.6. The number of rotatable bonds is 6. The first kappa shape index (κ1) is 22.1. The summed E-state index contributed by atoms with van der Waals surface area (Å²) >= 11 is 6.22. The molecular formula is C27H28ClNO4. The Hall–Kier alpha value is -2.73. The van der Waals surface area contributed by atoms with Crippen molar-refractivity contribution in [1.82, 2.24) is 0 Å². The van der Waals surface area contributed by atoms with Gasteiger partial charge in [0.25, 0.3) is 0 Å². The van der Waals surface area contributed by atoms with E-state index >= 15 is 0 Å². The summed E-state index contributed by atoms with van der Waals surface area (Å²) in [5.74, 6) is 1.48. The van der Waals surface area contributed by atoms with Gasteiger partial charge in [0.1, 0.15) is 17.2 Å². The van der Waals surface area contributed by atoms with Gasteiger partial charge in [-0.15, -0.1) is 0 Å². The smallest absolute Gasteiger partial charge is 0.175 e. The molecule has 3 aromatic rings. The van der Waals surface area contributed by atoms with Crippen molar-refractivity contribution in [2.45, 2.75) is 43.4 Å². The molecule has 0 radical (unpaired) electrons. The maximum Gasteiger partial charge on any atom is 0.175 e. The molecule has 0 saturated heterocycles. The lowest BCUT2D eigenvalue weighted by atomic mass is 9.71. The van der Waals surface area contributed by atoms with E-state index in [1.54, 1.807) is 0 Å². The van der Waals surface area contributed by atoms with E-state index in [-0.39, 0.29) is 5.92 Å². The van der Waals surface area contributed by atoms with Crippen molar-refractivity contribution < 1.29 is 19.3 Å². The molecule has 33 heavy (non-hydrogen) atoms. The first-order valence-corrected chi connectivity index (χ1v) is 11.8. The third-order valence-corrected chi connectivity index (χ3v) is 7.11. The van der Waals surface area contributed by atoms with Crippen LogP contribution >= 0.6 is 11.6 Å². The van der Waals surface area contributed by atoms with Crippen LogP contribution in [-0.2, 0) is 11.2 Å². The maximum atomic E-state index is 12.6. The van der Waals surface area contributed by atoms with Crippen molar-refractivity contribution >= 4 is 11.6 Å². The van der Waals surface area contributed by atoms with E-state index in [9.17, 15) is 5.11 Å². The summed E-state index contributed by atoms with van der Waals surface area (Å²) in [5.41, 5.74) is 6.53. The molecule has 5 nitrogen and oxygen atoms in total. The highest BCUT2D eigenvalue weighted by molar-refractivity contribution is 6.30. The van der Waals surface area contributed by atoms with E-state index in [1.165, 1.54) is 0 Å². The van der Waals surface area contributed by atoms with Gasteiger partial charge in [0, 0.05) is 29.1 Å². The van der Waals surface area contributed by atoms with Gasteiger partial charge in [-0.1, -0.05) is 54.1 Å². The number of benzene rings is 3. The van der Waals surface area contributed by atoms with Crippen LogP contribution in [0.3, 0.4) is 0 Å². The highest BCUT2D eigenvalue weighted by atomic mass is 35.5. The second-order valence-electron chi connectivity index (χ2n) is 8.58. The van der Waals surface area contributed by atoms with Crippen molar-refractivity contribution in [3.8, 4) is 17.2 Å². The Labute approximate surface area is 199 Å². The number of aliphatic hydroxyl groups is 1. The molecule has 6 heteroatoms. The largest absolute Gasteiger partial charge is 0.494 e. The Bertz CT molecular complexity index is 1150. The van der Waals surface area contributed by atoms with Crippen molar-refractivity contribution in [3.05, 3.63) is 88.4 Å². The Morgan fingerprint density at radius 2 is 1.73 bits per heavy atom. The molecular weight excluding hydrogens is 438 g/mol. The predicted octanol–water partition coefficient (Wildman–Crippen LogP) is 5.13. The predicted molar refractivity (Wildman–Crippen MR) is 128 cm³/mol. The molecule has 4 atom stereocenters. The van der Waals surface area contributed by atoms with Crippen molar-refractivity contribution in [1.29, 1.82) is 0 Å². The van der Waals surface area contributed by atoms with Gasteiger partial charge in [0.15, 0.2) is 11.2 Å². The lowest BCUT2D eigenvalue weighted by Gasteiger charge is -2.41. The van der Waals surface area contributed by atoms with Gasteiger partial charge in [0.05, 0.1) is 18.8 Å². The van der Waals surface area contributed by atoms with Crippen LogP contribution in [0.2, 0.25) is 5.02 Å². The fraction of sp³-hybridized carbons (Fsp3) is 0.333. The number of nitrogens with two attached hydrogens (primary N) is 1. The molecule has 0 aromatic heterocycles. The van der Waals surface area contributed by atoms with E-state index in [4.69, 9.17) is 31.5 Å². The molecule has 1 aliphatic carbocycles. The average Bonchev–Trinajstić information content (AvgIpc) is 3.21. The maximum absolute atomic E-state index is 12.6. The highest BCUT2D eigenvalue weighted by Gasteiger charge is 2.72. The summed E-state index contributed by atoms with van der Waals surface area (Å²) < 4.78 is 18.6. The van der Waals surface area contributed by atoms with Gasteiger partial charge in [-0.2, -0.15) is 0 Å². The fourth-order valence-corrected chi connectivity index (χ4v) is 5.73. The summed E-state index contributed by atoms with van der Waals surface area (Å²) in [6.45, 7) is 4.77. The van der Waals surface area contributed by atoms with E-state index in [2.05, 4.69) is 12.1 Å². The Morgan fingerprint density at radius 1 is 1.03 bits per heavy atom. The molecule has 1 fully saturated rings. The normalized spacial score (nSPS) is 27.5. The van der Waals surface area contributed by atoms with Crippen LogP contribution in [-0.4, -0.2) is 24.4 Å². The second kappa shape index (κ2) is 8.24. The topological polar surface area (TPSA) is 73.9 Å². The van der Waals surface area contributed by atoms with Gasteiger partial charge >= 0.3 is 0 Å². The Kier molecular flexibility index (Phi) is 5.52. The summed E-state index contributed by atoms with van der Waals surface area (Å²) in [6.07, 6.45) is 0.543. The van der Waals surface area contributed by atoms with Gasteiger partial charge < -0.3 is 25.1 Å². The fourth-order valence-electron chi connectivity index (χ4n) is 5.60. The van der Waals surface area contributed by atoms with E-state index in [1.807, 2.05) is 68.4 Å². The molecule has 0 amide bonds. The highest BCUT2D eigenvalue weighted by Crippen LogP contribution is 2.68. The van der Waals surface area contributed by atoms with Crippen LogP contribution in [0.4, 0.5) is 0 Å². The minimum absolute atomic E-state index is 0.197. The number of hydrogen-bond donors (Lipinski definition) is 2. The standard InChI is InChI=1S/C27H28ClNO4/c1-3-31-20-14-22(32-4-2)25-23(15-20)33-27(18-10-12-19(28)13-11-18)21(16-24(29)26(25,27)30)17-8-6-5-7-9-17/h5-15,21,24,30H,3-4,16,29H2,1-2H3. The number of fused-ring (bicyclic) bond motifs is 3. The number of ether oxygens (including phenoxy) is 3. The lowest BCUT2D eigenvalue weighted by molar-refractivity contribution is -0.113. The molecule has 3 aromatic carbocycles. The molecule has 1 saturated carbocycles. The molecule has 3 N–H and O–H groups in total. The molecule has 172 valence electrons. The van der Waals surface area contributed by atoms with Gasteiger partial charge in [0.2, 0.25) is 0 Å². The van der Waals surface area contributed by atoms with Crippen LogP contribution < -0.4 is 19.9 Å². The van der Waals surface area contributed by atoms with Crippen LogP contribution in [0, 0.1) is 0 Å². The van der Waals surface area contributed by atoms with E-state index in [0.717, 1.165) is 11.1 Å². The lowest BCUT2D eigenvalue weighted by Crippen LogP contribution is -2.54. The van der Waals surface area contributed by atoms with Crippen molar-refractivity contribution in [2.24, 2.45) is 5.73 Å². The van der Waals surface area contributed by atoms with Crippen molar-refractivity contribution in [3.63, 3.8) is 0 Å². The van der Waals surface area contributed by atoms with Crippen LogP contribution in [0.25, 0.3) is 0 Å². The summed E-state index contributed by atoms with van der Waals surface area (Å²) in [5, 5.41) is 13.2. The molecule has 1 aliphatic heterocycles. The van der Waals surface area contributed by atoms with Gasteiger partial charge in [-0.3, -0.25) is 0 Å². The third-order valence-electron chi connectivity index (χ3n) is 6.86. The zero-order valence-corrected chi connectivity index (χ0v) is 19.5. The van der Waals surface area contributed by atoms with Crippen LogP contribution in [0.5, 0.6) is 17.2 Å². The zero-order chi connectivity index (χ0) is 23.2. The SMILES string of the molecule is CCOc1cc(OCC)c2c(c1)OC1(c3ccc(Cl)cc3)C(c3ccccc3)CC(N)C21O. The number of halogens is 1. The summed E-state index contributed by atoms with van der Waals surface area (Å²) in [7, 11) is 0. The first-order valence-electron chi connectivity index (χ1n) is 11.4. The summed E-state index contributed by atoms with van der Waals surface area (Å²) in [4.78, 5) is 0. The zero-order valence-electron chi connectivity index (χ0n) is 18.8. The van der Waals surface area contributed by atoms with Crippen molar-refractivity contribution in [2.75, 3.05) is 13.2 Å². The van der Waals surface area contributed by atoms with Crippen LogP contribution in [0.1, 0.15) is 42.9 Å². The van der Waals surface area contributed by atoms with E-state index in [0.29, 0.717) is 47.5 Å². The monoisotopic (exact) mass is 465 g/mol. The first-order chi connectivity index (χ1) is 16.0. The molecule has 4 unspecified atom stereocenters. The second-order valence-corrected chi connectivity index (χ2v) is 9.01. The minimum atomic E-state index is -1.52. The number of hydrogen-bond acceptors (Lipinski definition) is 5. The van der Waals surface area contributed by atoms with E-state index < -0.39 is 17.2 Å². The minimum Gasteiger partial charge on any atom is -0.494 e. The third kappa shape index (κ3) is 3.14. The molecule has 0 bridgehead atoms. The molecule has 0 spiro atoms. The van der Waals surface area contributed by atoms with Crippen LogP contribution in [0.15, 0.2) is 66.7 Å².